The summed E-state index contributed by atoms with van der Waals surface area (Å²) in [5.74, 6) is 3.12. The Hall–Kier alpha value is 0. The van der Waals surface area contributed by atoms with Crippen LogP contribution in [0.2, 0.25) is 0 Å². The highest BCUT2D eigenvalue weighted by Crippen LogP contribution is 2.67. The molecule has 0 amide bonds. The fourth-order valence-corrected chi connectivity index (χ4v) is 3.49. The molecule has 2 saturated carbocycles. The van der Waals surface area contributed by atoms with E-state index in [-0.39, 0.29) is 0 Å². The Morgan fingerprint density at radius 1 is 1.00 bits per heavy atom. The standard InChI is InChI=1S/C13H24/c1-12(2,3)9-6-7-10-11(8-9)13(10,4)5/h9-11H,6-8H2,1-5H3. The average molecular weight is 180 g/mol. The molecular weight excluding hydrogens is 156 g/mol. The van der Waals surface area contributed by atoms with Crippen molar-refractivity contribution in [1.82, 2.24) is 0 Å². The van der Waals surface area contributed by atoms with Gasteiger partial charge in [-0.15, -0.1) is 0 Å². The van der Waals surface area contributed by atoms with Crippen molar-refractivity contribution >= 4 is 0 Å². The zero-order valence-corrected chi connectivity index (χ0v) is 9.85. The highest BCUT2D eigenvalue weighted by atomic mass is 14.6. The molecule has 3 atom stereocenters. The fourth-order valence-electron chi connectivity index (χ4n) is 3.49. The van der Waals surface area contributed by atoms with Crippen molar-refractivity contribution < 1.29 is 0 Å². The Morgan fingerprint density at radius 3 is 2.08 bits per heavy atom. The minimum Gasteiger partial charge on any atom is -0.0599 e. The molecule has 13 heavy (non-hydrogen) atoms. The first-order chi connectivity index (χ1) is 5.83. The van der Waals surface area contributed by atoms with Gasteiger partial charge in [0.1, 0.15) is 0 Å². The van der Waals surface area contributed by atoms with E-state index < -0.39 is 0 Å². The van der Waals surface area contributed by atoms with Crippen LogP contribution in [0.4, 0.5) is 0 Å². The minimum atomic E-state index is 0.545. The molecule has 0 spiro atoms. The molecule has 2 fully saturated rings. The Kier molecular flexibility index (Phi) is 1.85. The van der Waals surface area contributed by atoms with Gasteiger partial charge < -0.3 is 0 Å². The SMILES string of the molecule is CC(C)(C)C1CCC2C(C1)C2(C)C. The highest BCUT2D eigenvalue weighted by molar-refractivity contribution is 5.08. The predicted octanol–water partition coefficient (Wildman–Crippen LogP) is 4.10. The zero-order valence-electron chi connectivity index (χ0n) is 9.85. The van der Waals surface area contributed by atoms with Gasteiger partial charge in [0.05, 0.1) is 0 Å². The Morgan fingerprint density at radius 2 is 1.62 bits per heavy atom. The molecule has 0 aromatic rings. The summed E-state index contributed by atoms with van der Waals surface area (Å²) in [5, 5.41) is 0. The third-order valence-corrected chi connectivity index (χ3v) is 4.88. The fraction of sp³-hybridized carbons (Fsp3) is 1.00. The lowest BCUT2D eigenvalue weighted by molar-refractivity contribution is 0.172. The van der Waals surface area contributed by atoms with E-state index in [1.807, 2.05) is 0 Å². The number of rotatable bonds is 0. The molecule has 0 heterocycles. The quantitative estimate of drug-likeness (QED) is 0.526. The molecule has 76 valence electrons. The van der Waals surface area contributed by atoms with Gasteiger partial charge in [0.25, 0.3) is 0 Å². The average Bonchev–Trinajstić information content (AvgIpc) is 2.53. The third kappa shape index (κ3) is 1.43. The van der Waals surface area contributed by atoms with Crippen LogP contribution >= 0.6 is 0 Å². The Labute approximate surface area is 83.1 Å². The second kappa shape index (κ2) is 2.52. The highest BCUT2D eigenvalue weighted by Gasteiger charge is 2.59. The lowest BCUT2D eigenvalue weighted by Gasteiger charge is -2.33. The Balaban J connectivity index is 2.01. The molecular formula is C13H24. The van der Waals surface area contributed by atoms with Crippen molar-refractivity contribution in [3.63, 3.8) is 0 Å². The van der Waals surface area contributed by atoms with Crippen molar-refractivity contribution in [2.45, 2.75) is 53.9 Å². The monoisotopic (exact) mass is 180 g/mol. The summed E-state index contributed by atoms with van der Waals surface area (Å²) in [5.41, 5.74) is 1.24. The van der Waals surface area contributed by atoms with Crippen LogP contribution in [-0.2, 0) is 0 Å². The molecule has 0 bridgehead atoms. The van der Waals surface area contributed by atoms with E-state index in [9.17, 15) is 0 Å². The molecule has 0 nitrogen and oxygen atoms in total. The molecule has 2 rings (SSSR count). The number of fused-ring (bicyclic) bond motifs is 1. The van der Waals surface area contributed by atoms with Gasteiger partial charge in [0.15, 0.2) is 0 Å². The summed E-state index contributed by atoms with van der Waals surface area (Å²) < 4.78 is 0. The Bertz CT molecular complexity index is 207. The number of hydrogen-bond donors (Lipinski definition) is 0. The van der Waals surface area contributed by atoms with Gasteiger partial charge >= 0.3 is 0 Å². The van der Waals surface area contributed by atoms with E-state index in [4.69, 9.17) is 0 Å². The van der Waals surface area contributed by atoms with Gasteiger partial charge in [0, 0.05) is 0 Å². The lowest BCUT2D eigenvalue weighted by Crippen LogP contribution is -2.23. The summed E-state index contributed by atoms with van der Waals surface area (Å²) in [7, 11) is 0. The zero-order chi connectivity index (χ0) is 9.85. The van der Waals surface area contributed by atoms with Gasteiger partial charge in [-0.3, -0.25) is 0 Å². The summed E-state index contributed by atoms with van der Waals surface area (Å²) in [6.45, 7) is 12.2. The third-order valence-electron chi connectivity index (χ3n) is 4.88. The van der Waals surface area contributed by atoms with E-state index in [0.717, 1.165) is 17.8 Å². The summed E-state index contributed by atoms with van der Waals surface area (Å²) >= 11 is 0. The van der Waals surface area contributed by atoms with Crippen LogP contribution in [0, 0.1) is 28.6 Å². The summed E-state index contributed by atoms with van der Waals surface area (Å²) in [6, 6.07) is 0. The maximum Gasteiger partial charge on any atom is -0.0292 e. The van der Waals surface area contributed by atoms with Crippen LogP contribution in [0.15, 0.2) is 0 Å². The van der Waals surface area contributed by atoms with Crippen LogP contribution in [-0.4, -0.2) is 0 Å². The molecule has 0 aromatic carbocycles. The van der Waals surface area contributed by atoms with E-state index >= 15 is 0 Å². The molecule has 3 unspecified atom stereocenters. The summed E-state index contributed by atoms with van der Waals surface area (Å²) in [4.78, 5) is 0. The van der Waals surface area contributed by atoms with E-state index in [2.05, 4.69) is 34.6 Å². The van der Waals surface area contributed by atoms with Crippen LogP contribution < -0.4 is 0 Å². The van der Waals surface area contributed by atoms with Crippen LogP contribution in [0.25, 0.3) is 0 Å². The van der Waals surface area contributed by atoms with Crippen LogP contribution in [0.3, 0.4) is 0 Å². The molecule has 2 aliphatic rings. The van der Waals surface area contributed by atoms with Gasteiger partial charge in [-0.25, -0.2) is 0 Å². The molecule has 0 N–H and O–H groups in total. The smallest absolute Gasteiger partial charge is 0.0292 e. The first-order valence-corrected chi connectivity index (χ1v) is 5.83. The second-order valence-corrected chi connectivity index (χ2v) is 6.91. The number of hydrogen-bond acceptors (Lipinski definition) is 0. The molecule has 0 radical (unpaired) electrons. The van der Waals surface area contributed by atoms with Crippen molar-refractivity contribution in [3.05, 3.63) is 0 Å². The van der Waals surface area contributed by atoms with E-state index in [1.165, 1.54) is 19.3 Å². The predicted molar refractivity (Wildman–Crippen MR) is 57.6 cm³/mol. The molecule has 0 saturated heterocycles. The maximum absolute atomic E-state index is 2.47. The summed E-state index contributed by atoms with van der Waals surface area (Å²) in [6.07, 6.45) is 4.48. The molecule has 0 heteroatoms. The largest absolute Gasteiger partial charge is 0.0599 e. The van der Waals surface area contributed by atoms with Gasteiger partial charge in [-0.2, -0.15) is 0 Å². The van der Waals surface area contributed by atoms with Crippen molar-refractivity contribution in [2.75, 3.05) is 0 Å². The molecule has 0 aliphatic heterocycles. The lowest BCUT2D eigenvalue weighted by atomic mass is 9.72. The van der Waals surface area contributed by atoms with Gasteiger partial charge in [-0.05, 0) is 47.8 Å². The molecule has 2 aliphatic carbocycles. The first kappa shape index (κ1) is 9.55. The van der Waals surface area contributed by atoms with E-state index in [1.54, 1.807) is 0 Å². The van der Waals surface area contributed by atoms with Crippen molar-refractivity contribution in [2.24, 2.45) is 28.6 Å². The first-order valence-electron chi connectivity index (χ1n) is 5.83. The second-order valence-electron chi connectivity index (χ2n) is 6.91. The van der Waals surface area contributed by atoms with Crippen LogP contribution in [0.1, 0.15) is 53.9 Å². The topological polar surface area (TPSA) is 0 Å². The normalized spacial score (nSPS) is 42.7. The van der Waals surface area contributed by atoms with Gasteiger partial charge in [0.2, 0.25) is 0 Å². The van der Waals surface area contributed by atoms with Crippen molar-refractivity contribution in [3.8, 4) is 0 Å². The molecule has 0 aromatic heterocycles. The van der Waals surface area contributed by atoms with E-state index in [0.29, 0.717) is 10.8 Å². The minimum absolute atomic E-state index is 0.545. The van der Waals surface area contributed by atoms with Crippen molar-refractivity contribution in [1.29, 1.82) is 0 Å². The maximum atomic E-state index is 2.47. The van der Waals surface area contributed by atoms with Gasteiger partial charge in [-0.1, -0.05) is 34.6 Å². The van der Waals surface area contributed by atoms with Crippen LogP contribution in [0.5, 0.6) is 0 Å².